The van der Waals surface area contributed by atoms with Gasteiger partial charge in [0, 0.05) is 6.04 Å². The van der Waals surface area contributed by atoms with Crippen molar-refractivity contribution in [3.05, 3.63) is 54.2 Å². The van der Waals surface area contributed by atoms with Crippen LogP contribution in [0, 0.1) is 5.82 Å². The molecule has 1 aromatic heterocycles. The second-order valence-corrected chi connectivity index (χ2v) is 6.09. The molecule has 24 heavy (non-hydrogen) atoms. The number of hydrogen-bond acceptors (Lipinski definition) is 3. The summed E-state index contributed by atoms with van der Waals surface area (Å²) in [4.78, 5) is 14.6. The van der Waals surface area contributed by atoms with Crippen molar-refractivity contribution < 1.29 is 18.3 Å². The summed E-state index contributed by atoms with van der Waals surface area (Å²) in [5.41, 5.74) is 0. The summed E-state index contributed by atoms with van der Waals surface area (Å²) in [6, 6.07) is 9.84. The lowest BCUT2D eigenvalue weighted by molar-refractivity contribution is -0.135. The van der Waals surface area contributed by atoms with E-state index in [2.05, 4.69) is 0 Å². The zero-order valence-electron chi connectivity index (χ0n) is 13.6. The van der Waals surface area contributed by atoms with E-state index in [0.717, 1.165) is 18.6 Å². The van der Waals surface area contributed by atoms with Crippen molar-refractivity contribution in [1.82, 2.24) is 4.90 Å². The van der Waals surface area contributed by atoms with Gasteiger partial charge in [-0.25, -0.2) is 4.39 Å². The monoisotopic (exact) mass is 331 g/mol. The molecule has 0 radical (unpaired) electrons. The molecule has 1 saturated carbocycles. The molecule has 1 amide bonds. The Morgan fingerprint density at radius 2 is 1.96 bits per heavy atom. The van der Waals surface area contributed by atoms with Crippen LogP contribution < -0.4 is 4.74 Å². The van der Waals surface area contributed by atoms with Gasteiger partial charge < -0.3 is 14.1 Å². The highest BCUT2D eigenvalue weighted by Gasteiger charge is 2.27. The highest BCUT2D eigenvalue weighted by Crippen LogP contribution is 2.26. The van der Waals surface area contributed by atoms with Crippen LogP contribution in [0.1, 0.15) is 37.9 Å². The minimum atomic E-state index is -0.302. The van der Waals surface area contributed by atoms with Gasteiger partial charge in [0.05, 0.1) is 25.8 Å². The summed E-state index contributed by atoms with van der Waals surface area (Å²) in [6.45, 7) is 0.791. The third-order valence-corrected chi connectivity index (χ3v) is 4.39. The molecule has 1 fully saturated rings. The molecule has 0 bridgehead atoms. The first kappa shape index (κ1) is 16.6. The van der Waals surface area contributed by atoms with Crippen LogP contribution in [0.5, 0.6) is 5.75 Å². The molecular weight excluding hydrogens is 309 g/mol. The van der Waals surface area contributed by atoms with E-state index in [-0.39, 0.29) is 24.4 Å². The Bertz CT molecular complexity index is 633. The van der Waals surface area contributed by atoms with Gasteiger partial charge in [-0.3, -0.25) is 4.79 Å². The van der Waals surface area contributed by atoms with E-state index in [1.54, 1.807) is 18.4 Å². The van der Waals surface area contributed by atoms with Gasteiger partial charge in [-0.2, -0.15) is 0 Å². The Balaban J connectivity index is 1.55. The standard InChI is InChI=1S/C19H22FNO3/c20-15-7-9-17(10-8-15)24-13-11-19(22)21(16-4-1-2-5-16)14-18-6-3-12-23-18/h3,6-10,12,16H,1-2,4-5,11,13-14H2. The molecule has 4 nitrogen and oxygen atoms in total. The van der Waals surface area contributed by atoms with Crippen molar-refractivity contribution in [1.29, 1.82) is 0 Å². The molecule has 0 N–H and O–H groups in total. The lowest BCUT2D eigenvalue weighted by atomic mass is 10.2. The van der Waals surface area contributed by atoms with Crippen molar-refractivity contribution in [2.75, 3.05) is 6.61 Å². The first-order valence-electron chi connectivity index (χ1n) is 8.42. The summed E-state index contributed by atoms with van der Waals surface area (Å²) in [5, 5.41) is 0. The van der Waals surface area contributed by atoms with Crippen LogP contribution in [0.2, 0.25) is 0 Å². The van der Waals surface area contributed by atoms with Crippen molar-refractivity contribution in [2.45, 2.75) is 44.7 Å². The van der Waals surface area contributed by atoms with Crippen molar-refractivity contribution in [3.63, 3.8) is 0 Å². The number of carbonyl (C=O) groups is 1. The van der Waals surface area contributed by atoms with Gasteiger partial charge in [0.1, 0.15) is 17.3 Å². The average molecular weight is 331 g/mol. The number of ether oxygens (including phenoxy) is 1. The fraction of sp³-hybridized carbons (Fsp3) is 0.421. The number of hydrogen-bond donors (Lipinski definition) is 0. The minimum absolute atomic E-state index is 0.0698. The maximum absolute atomic E-state index is 12.9. The van der Waals surface area contributed by atoms with Gasteiger partial charge in [-0.15, -0.1) is 0 Å². The van der Waals surface area contributed by atoms with Crippen LogP contribution in [-0.2, 0) is 11.3 Å². The van der Waals surface area contributed by atoms with Gasteiger partial charge in [-0.05, 0) is 49.2 Å². The molecule has 0 unspecified atom stereocenters. The number of benzene rings is 1. The van der Waals surface area contributed by atoms with E-state index in [1.807, 2.05) is 17.0 Å². The molecule has 0 atom stereocenters. The van der Waals surface area contributed by atoms with E-state index < -0.39 is 0 Å². The van der Waals surface area contributed by atoms with E-state index in [1.165, 1.54) is 25.0 Å². The van der Waals surface area contributed by atoms with E-state index in [4.69, 9.17) is 9.15 Å². The van der Waals surface area contributed by atoms with Crippen molar-refractivity contribution >= 4 is 5.91 Å². The zero-order valence-corrected chi connectivity index (χ0v) is 13.6. The van der Waals surface area contributed by atoms with Gasteiger partial charge >= 0.3 is 0 Å². The molecule has 0 spiro atoms. The average Bonchev–Trinajstić information content (AvgIpc) is 3.28. The quantitative estimate of drug-likeness (QED) is 0.765. The number of rotatable bonds is 7. The summed E-state index contributed by atoms with van der Waals surface area (Å²) in [6.07, 6.45) is 6.35. The molecule has 5 heteroatoms. The molecule has 0 saturated heterocycles. The predicted molar refractivity (Wildman–Crippen MR) is 88.0 cm³/mol. The number of halogens is 1. The van der Waals surface area contributed by atoms with Gasteiger partial charge in [0.2, 0.25) is 5.91 Å². The number of carbonyl (C=O) groups excluding carboxylic acids is 1. The predicted octanol–water partition coefficient (Wildman–Crippen LogP) is 4.16. The van der Waals surface area contributed by atoms with Gasteiger partial charge in [-0.1, -0.05) is 12.8 Å². The molecule has 0 aliphatic heterocycles. The van der Waals surface area contributed by atoms with E-state index in [0.29, 0.717) is 18.7 Å². The van der Waals surface area contributed by atoms with Crippen molar-refractivity contribution in [3.8, 4) is 5.75 Å². The Labute approximate surface area is 141 Å². The minimum Gasteiger partial charge on any atom is -0.493 e. The lowest BCUT2D eigenvalue weighted by Crippen LogP contribution is -2.38. The molecule has 128 valence electrons. The Kier molecular flexibility index (Phi) is 5.51. The molecule has 1 aliphatic carbocycles. The number of furan rings is 1. The highest BCUT2D eigenvalue weighted by molar-refractivity contribution is 5.76. The summed E-state index contributed by atoms with van der Waals surface area (Å²) in [5.74, 6) is 1.14. The maximum Gasteiger partial charge on any atom is 0.226 e. The van der Waals surface area contributed by atoms with E-state index in [9.17, 15) is 9.18 Å². The molecule has 1 aliphatic rings. The Morgan fingerprint density at radius 3 is 2.62 bits per heavy atom. The fourth-order valence-corrected chi connectivity index (χ4v) is 3.14. The molecular formula is C19H22FNO3. The third kappa shape index (κ3) is 4.37. The third-order valence-electron chi connectivity index (χ3n) is 4.39. The lowest BCUT2D eigenvalue weighted by Gasteiger charge is -2.28. The second-order valence-electron chi connectivity index (χ2n) is 6.09. The summed E-state index contributed by atoms with van der Waals surface area (Å²) in [7, 11) is 0. The summed E-state index contributed by atoms with van der Waals surface area (Å²) >= 11 is 0. The maximum atomic E-state index is 12.9. The Hall–Kier alpha value is -2.30. The first-order valence-corrected chi connectivity index (χ1v) is 8.42. The van der Waals surface area contributed by atoms with E-state index >= 15 is 0 Å². The van der Waals surface area contributed by atoms with Crippen LogP contribution in [0.4, 0.5) is 4.39 Å². The normalized spacial score (nSPS) is 14.7. The zero-order chi connectivity index (χ0) is 16.8. The van der Waals surface area contributed by atoms with Crippen LogP contribution in [0.15, 0.2) is 47.1 Å². The largest absolute Gasteiger partial charge is 0.493 e. The fourth-order valence-electron chi connectivity index (χ4n) is 3.14. The van der Waals surface area contributed by atoms with Crippen molar-refractivity contribution in [2.24, 2.45) is 0 Å². The highest BCUT2D eigenvalue weighted by atomic mass is 19.1. The molecule has 1 aromatic carbocycles. The van der Waals surface area contributed by atoms with Gasteiger partial charge in [0.15, 0.2) is 0 Å². The van der Waals surface area contributed by atoms with Crippen LogP contribution in [-0.4, -0.2) is 23.5 Å². The summed E-state index contributed by atoms with van der Waals surface area (Å²) < 4.78 is 23.8. The molecule has 2 aromatic rings. The molecule has 1 heterocycles. The first-order chi connectivity index (χ1) is 11.7. The van der Waals surface area contributed by atoms with Crippen LogP contribution in [0.3, 0.4) is 0 Å². The van der Waals surface area contributed by atoms with Crippen LogP contribution in [0.25, 0.3) is 0 Å². The van der Waals surface area contributed by atoms with Crippen LogP contribution >= 0.6 is 0 Å². The SMILES string of the molecule is O=C(CCOc1ccc(F)cc1)N(Cc1ccco1)C1CCCC1. The topological polar surface area (TPSA) is 42.7 Å². The number of amides is 1. The van der Waals surface area contributed by atoms with Gasteiger partial charge in [0.25, 0.3) is 0 Å². The second kappa shape index (κ2) is 7.99. The molecule has 3 rings (SSSR count). The number of nitrogens with zero attached hydrogens (tertiary/aromatic N) is 1. The smallest absolute Gasteiger partial charge is 0.226 e. The Morgan fingerprint density at radius 1 is 1.21 bits per heavy atom.